The molecule has 0 aliphatic heterocycles. The number of thiazole rings is 1. The van der Waals surface area contributed by atoms with Crippen molar-refractivity contribution in [1.29, 1.82) is 5.26 Å². The van der Waals surface area contributed by atoms with E-state index in [4.69, 9.17) is 0 Å². The maximum atomic E-state index is 9.30. The van der Waals surface area contributed by atoms with Gasteiger partial charge in [-0.1, -0.05) is 22.6 Å². The predicted octanol–water partition coefficient (Wildman–Crippen LogP) is 3.32. The minimum absolute atomic E-state index is 0.610. The molecule has 1 heterocycles. The molecular formula is C12H11IN4S. The molecule has 0 aliphatic carbocycles. The molecule has 18 heavy (non-hydrogen) atoms. The standard InChI is InChI=1S/C12H11IN4S/c1-17(2)7-15-9-3-4-10-12(8(9)6-14)18-11(5-13)16-10/h3-4,7H,5H2,1-2H3/b15-7+. The number of halogens is 1. The number of hydrogen-bond acceptors (Lipinski definition) is 4. The molecule has 6 heteroatoms. The van der Waals surface area contributed by atoms with Gasteiger partial charge in [0.1, 0.15) is 11.1 Å². The Morgan fingerprint density at radius 3 is 2.94 bits per heavy atom. The van der Waals surface area contributed by atoms with Crippen LogP contribution in [0.1, 0.15) is 10.6 Å². The largest absolute Gasteiger partial charge is 0.369 e. The van der Waals surface area contributed by atoms with Gasteiger partial charge in [-0.15, -0.1) is 11.3 Å². The number of aliphatic imine (C=N–C) groups is 1. The molecule has 92 valence electrons. The smallest absolute Gasteiger partial charge is 0.104 e. The van der Waals surface area contributed by atoms with E-state index in [1.807, 2.05) is 31.1 Å². The SMILES string of the molecule is CN(C)/C=N/c1ccc2nc(CI)sc2c1C#N. The lowest BCUT2D eigenvalue weighted by atomic mass is 10.2. The fourth-order valence-electron chi connectivity index (χ4n) is 1.48. The van der Waals surface area contributed by atoms with Gasteiger partial charge in [0.2, 0.25) is 0 Å². The Hall–Kier alpha value is -1.20. The monoisotopic (exact) mass is 370 g/mol. The maximum absolute atomic E-state index is 9.30. The van der Waals surface area contributed by atoms with E-state index in [9.17, 15) is 5.26 Å². The predicted molar refractivity (Wildman–Crippen MR) is 83.9 cm³/mol. The summed E-state index contributed by atoms with van der Waals surface area (Å²) in [5.41, 5.74) is 2.19. The molecule has 0 aliphatic rings. The van der Waals surface area contributed by atoms with Crippen LogP contribution in [0.25, 0.3) is 10.2 Å². The number of fused-ring (bicyclic) bond motifs is 1. The summed E-state index contributed by atoms with van der Waals surface area (Å²) in [5, 5.41) is 10.3. The highest BCUT2D eigenvalue weighted by Crippen LogP contribution is 2.32. The first-order chi connectivity index (χ1) is 8.65. The second-order valence-corrected chi connectivity index (χ2v) is 5.72. The summed E-state index contributed by atoms with van der Waals surface area (Å²) in [4.78, 5) is 10.6. The molecule has 1 aromatic carbocycles. The van der Waals surface area contributed by atoms with Crippen LogP contribution >= 0.6 is 33.9 Å². The van der Waals surface area contributed by atoms with E-state index in [2.05, 4.69) is 38.6 Å². The van der Waals surface area contributed by atoms with Gasteiger partial charge in [-0.05, 0) is 12.1 Å². The van der Waals surface area contributed by atoms with Gasteiger partial charge in [-0.3, -0.25) is 0 Å². The van der Waals surface area contributed by atoms with E-state index in [0.717, 1.165) is 19.7 Å². The van der Waals surface area contributed by atoms with Crippen molar-refractivity contribution in [3.05, 3.63) is 22.7 Å². The Kier molecular flexibility index (Phi) is 4.14. The third-order valence-corrected chi connectivity index (χ3v) is 4.56. The van der Waals surface area contributed by atoms with E-state index in [1.165, 1.54) is 0 Å². The van der Waals surface area contributed by atoms with Gasteiger partial charge in [0.25, 0.3) is 0 Å². The highest BCUT2D eigenvalue weighted by Gasteiger charge is 2.11. The molecule has 0 bridgehead atoms. The molecule has 0 fully saturated rings. The Morgan fingerprint density at radius 1 is 1.56 bits per heavy atom. The summed E-state index contributed by atoms with van der Waals surface area (Å²) in [6, 6.07) is 6.00. The van der Waals surface area contributed by atoms with Crippen molar-refractivity contribution in [3.8, 4) is 6.07 Å². The average molecular weight is 370 g/mol. The Morgan fingerprint density at radius 2 is 2.33 bits per heavy atom. The third-order valence-electron chi connectivity index (χ3n) is 2.23. The molecule has 0 radical (unpaired) electrons. The first kappa shape index (κ1) is 13.2. The zero-order valence-corrected chi connectivity index (χ0v) is 13.0. The molecule has 0 amide bonds. The van der Waals surface area contributed by atoms with Crippen LogP contribution in [0.3, 0.4) is 0 Å². The van der Waals surface area contributed by atoms with Crippen molar-refractivity contribution in [2.24, 2.45) is 4.99 Å². The quantitative estimate of drug-likeness (QED) is 0.361. The first-order valence-electron chi connectivity index (χ1n) is 5.24. The second-order valence-electron chi connectivity index (χ2n) is 3.87. The van der Waals surface area contributed by atoms with Crippen molar-refractivity contribution in [2.75, 3.05) is 14.1 Å². The van der Waals surface area contributed by atoms with Crippen LogP contribution in [0.2, 0.25) is 0 Å². The van der Waals surface area contributed by atoms with Gasteiger partial charge >= 0.3 is 0 Å². The molecule has 0 unspecified atom stereocenters. The number of benzene rings is 1. The first-order valence-corrected chi connectivity index (χ1v) is 7.59. The Balaban J connectivity index is 2.59. The summed E-state index contributed by atoms with van der Waals surface area (Å²) >= 11 is 3.84. The number of aromatic nitrogens is 1. The molecule has 2 rings (SSSR count). The zero-order chi connectivity index (χ0) is 13.1. The lowest BCUT2D eigenvalue weighted by molar-refractivity contribution is 0.643. The molecule has 0 atom stereocenters. The minimum atomic E-state index is 0.610. The van der Waals surface area contributed by atoms with Crippen LogP contribution in [0.4, 0.5) is 5.69 Å². The lowest BCUT2D eigenvalue weighted by Crippen LogP contribution is -2.07. The highest BCUT2D eigenvalue weighted by molar-refractivity contribution is 14.1. The second kappa shape index (κ2) is 5.63. The van der Waals surface area contributed by atoms with Crippen molar-refractivity contribution in [2.45, 2.75) is 4.43 Å². The van der Waals surface area contributed by atoms with E-state index in [0.29, 0.717) is 11.3 Å². The van der Waals surface area contributed by atoms with Gasteiger partial charge < -0.3 is 4.90 Å². The van der Waals surface area contributed by atoms with Crippen LogP contribution in [0.5, 0.6) is 0 Å². The third kappa shape index (κ3) is 2.62. The zero-order valence-electron chi connectivity index (χ0n) is 10.0. The summed E-state index contributed by atoms with van der Waals surface area (Å²) in [7, 11) is 3.80. The summed E-state index contributed by atoms with van der Waals surface area (Å²) in [6.07, 6.45) is 1.70. The molecule has 4 nitrogen and oxygen atoms in total. The number of nitriles is 1. The maximum Gasteiger partial charge on any atom is 0.104 e. The van der Waals surface area contributed by atoms with E-state index < -0.39 is 0 Å². The topological polar surface area (TPSA) is 52.3 Å². The van der Waals surface area contributed by atoms with Crippen LogP contribution in [-0.4, -0.2) is 30.3 Å². The number of hydrogen-bond donors (Lipinski definition) is 0. The van der Waals surface area contributed by atoms with E-state index >= 15 is 0 Å². The van der Waals surface area contributed by atoms with Crippen LogP contribution in [0.15, 0.2) is 17.1 Å². The summed E-state index contributed by atoms with van der Waals surface area (Å²) in [6.45, 7) is 0. The van der Waals surface area contributed by atoms with Gasteiger partial charge in [-0.25, -0.2) is 9.98 Å². The Labute approximate surface area is 123 Å². The molecule has 0 saturated carbocycles. The van der Waals surface area contributed by atoms with E-state index in [1.54, 1.807) is 17.7 Å². The van der Waals surface area contributed by atoms with Gasteiger partial charge in [0.15, 0.2) is 0 Å². The minimum Gasteiger partial charge on any atom is -0.369 e. The fourth-order valence-corrected chi connectivity index (χ4v) is 3.02. The number of alkyl halides is 1. The van der Waals surface area contributed by atoms with E-state index in [-0.39, 0.29) is 0 Å². The number of rotatable bonds is 3. The molecule has 0 N–H and O–H groups in total. The normalized spacial score (nSPS) is 11.0. The van der Waals surface area contributed by atoms with Crippen LogP contribution in [-0.2, 0) is 4.43 Å². The molecule has 0 saturated heterocycles. The van der Waals surface area contributed by atoms with Crippen LogP contribution in [0, 0.1) is 11.3 Å². The van der Waals surface area contributed by atoms with Crippen LogP contribution < -0.4 is 0 Å². The van der Waals surface area contributed by atoms with Crippen molar-refractivity contribution >= 4 is 56.2 Å². The van der Waals surface area contributed by atoms with Crippen molar-refractivity contribution < 1.29 is 0 Å². The fraction of sp³-hybridized carbons (Fsp3) is 0.250. The summed E-state index contributed by atoms with van der Waals surface area (Å²) in [5.74, 6) is 0. The lowest BCUT2D eigenvalue weighted by Gasteiger charge is -2.03. The molecule has 1 aromatic heterocycles. The van der Waals surface area contributed by atoms with Gasteiger partial charge in [0, 0.05) is 14.1 Å². The van der Waals surface area contributed by atoms with Gasteiger partial charge in [0.05, 0.1) is 32.2 Å². The van der Waals surface area contributed by atoms with Crippen molar-refractivity contribution in [3.63, 3.8) is 0 Å². The van der Waals surface area contributed by atoms with Crippen molar-refractivity contribution in [1.82, 2.24) is 9.88 Å². The molecule has 2 aromatic rings. The highest BCUT2D eigenvalue weighted by atomic mass is 127. The average Bonchev–Trinajstić information content (AvgIpc) is 2.78. The number of nitrogens with zero attached hydrogens (tertiary/aromatic N) is 4. The molecular weight excluding hydrogens is 359 g/mol. The van der Waals surface area contributed by atoms with Gasteiger partial charge in [-0.2, -0.15) is 5.26 Å². The Bertz CT molecular complexity index is 639. The summed E-state index contributed by atoms with van der Waals surface area (Å²) < 4.78 is 1.79. The molecule has 0 spiro atoms.